The Morgan fingerprint density at radius 3 is 2.52 bits per heavy atom. The van der Waals surface area contributed by atoms with Crippen molar-refractivity contribution in [2.24, 2.45) is 23.2 Å². The third kappa shape index (κ3) is 3.94. The Kier molecular flexibility index (Phi) is 5.00. The number of hydrogen-bond acceptors (Lipinski definition) is 4. The molecule has 0 radical (unpaired) electrons. The summed E-state index contributed by atoms with van der Waals surface area (Å²) < 4.78 is 0. The first-order valence-electron chi connectivity index (χ1n) is 12.4. The van der Waals surface area contributed by atoms with Crippen LogP contribution in [0.3, 0.4) is 0 Å². The van der Waals surface area contributed by atoms with E-state index in [0.29, 0.717) is 37.3 Å². The zero-order valence-corrected chi connectivity index (χ0v) is 19.3. The van der Waals surface area contributed by atoms with Crippen LogP contribution in [0.15, 0.2) is 30.6 Å². The molecule has 1 aliphatic heterocycles. The molecule has 4 saturated carbocycles. The minimum Gasteiger partial charge on any atom is -0.332 e. The smallest absolute Gasteiger partial charge is 0.254 e. The number of benzene rings is 1. The molecule has 33 heavy (non-hydrogen) atoms. The van der Waals surface area contributed by atoms with E-state index in [4.69, 9.17) is 0 Å². The van der Waals surface area contributed by atoms with Crippen LogP contribution < -0.4 is 5.32 Å². The second-order valence-electron chi connectivity index (χ2n) is 11.1. The second kappa shape index (κ2) is 7.93. The molecule has 0 spiro atoms. The lowest BCUT2D eigenvalue weighted by Crippen LogP contribution is -2.47. The molecule has 2 aromatic rings. The number of nitrogens with one attached hydrogen (secondary N) is 1. The van der Waals surface area contributed by atoms with Crippen molar-refractivity contribution in [3.63, 3.8) is 0 Å². The molecule has 7 rings (SSSR count). The van der Waals surface area contributed by atoms with Crippen molar-refractivity contribution in [2.45, 2.75) is 64.8 Å². The van der Waals surface area contributed by atoms with Gasteiger partial charge in [-0.1, -0.05) is 17.7 Å². The molecule has 1 aromatic carbocycles. The Hall–Kier alpha value is -2.76. The van der Waals surface area contributed by atoms with Crippen LogP contribution in [0.25, 0.3) is 0 Å². The number of nitrogens with zero attached hydrogens (tertiary/aromatic N) is 3. The molecule has 1 N–H and O–H groups in total. The number of carbonyl (C=O) groups excluding carboxylic acids is 2. The van der Waals surface area contributed by atoms with Gasteiger partial charge in [-0.3, -0.25) is 9.59 Å². The van der Waals surface area contributed by atoms with Gasteiger partial charge in [0.05, 0.1) is 12.2 Å². The van der Waals surface area contributed by atoms with Gasteiger partial charge in [0.15, 0.2) is 0 Å². The highest BCUT2D eigenvalue weighted by Gasteiger charge is 2.51. The molecule has 5 aliphatic rings. The largest absolute Gasteiger partial charge is 0.332 e. The lowest BCUT2D eigenvalue weighted by molar-refractivity contribution is -0.124. The Balaban J connectivity index is 1.15. The first-order chi connectivity index (χ1) is 16.0. The van der Waals surface area contributed by atoms with Crippen molar-refractivity contribution < 1.29 is 9.59 Å². The molecule has 4 aliphatic carbocycles. The van der Waals surface area contributed by atoms with Crippen molar-refractivity contribution in [2.75, 3.05) is 11.9 Å². The summed E-state index contributed by atoms with van der Waals surface area (Å²) in [5.41, 5.74) is 3.80. The number of anilines is 1. The van der Waals surface area contributed by atoms with E-state index < -0.39 is 0 Å². The number of fused-ring (bicyclic) bond motifs is 1. The summed E-state index contributed by atoms with van der Waals surface area (Å²) in [7, 11) is 0. The van der Waals surface area contributed by atoms with Gasteiger partial charge in [-0.05, 0) is 87.2 Å². The van der Waals surface area contributed by atoms with Crippen molar-refractivity contribution in [1.29, 1.82) is 0 Å². The number of aromatic nitrogens is 2. The molecule has 6 nitrogen and oxygen atoms in total. The van der Waals surface area contributed by atoms with Crippen LogP contribution in [0.2, 0.25) is 0 Å². The van der Waals surface area contributed by atoms with E-state index >= 15 is 0 Å². The Morgan fingerprint density at radius 2 is 1.82 bits per heavy atom. The van der Waals surface area contributed by atoms with E-state index in [1.54, 1.807) is 0 Å². The van der Waals surface area contributed by atoms with Gasteiger partial charge in [0.25, 0.3) is 5.91 Å². The van der Waals surface area contributed by atoms with Gasteiger partial charge in [-0.15, -0.1) is 0 Å². The average Bonchev–Trinajstić information content (AvgIpc) is 2.77. The Bertz CT molecular complexity index is 1080. The van der Waals surface area contributed by atoms with Crippen LogP contribution in [0.5, 0.6) is 0 Å². The lowest BCUT2D eigenvalue weighted by atomic mass is 9.49. The van der Waals surface area contributed by atoms with E-state index in [1.165, 1.54) is 44.9 Å². The SMILES string of the molecule is Cc1cccc(C(=O)N2CCc3c(ncnc3NC(=O)CC34CC5CC(CC(C5)C3)C4)C2)c1. The van der Waals surface area contributed by atoms with Crippen LogP contribution in [0, 0.1) is 30.1 Å². The predicted molar refractivity (Wildman–Crippen MR) is 126 cm³/mol. The topological polar surface area (TPSA) is 75.2 Å². The Labute approximate surface area is 195 Å². The number of rotatable bonds is 4. The van der Waals surface area contributed by atoms with Crippen LogP contribution in [-0.2, 0) is 17.8 Å². The van der Waals surface area contributed by atoms with E-state index in [2.05, 4.69) is 15.3 Å². The van der Waals surface area contributed by atoms with Gasteiger partial charge in [0, 0.05) is 24.1 Å². The van der Waals surface area contributed by atoms with Crippen molar-refractivity contribution in [3.8, 4) is 0 Å². The number of hydrogen-bond donors (Lipinski definition) is 1. The van der Waals surface area contributed by atoms with Crippen molar-refractivity contribution >= 4 is 17.6 Å². The van der Waals surface area contributed by atoms with Crippen LogP contribution in [0.4, 0.5) is 5.82 Å². The predicted octanol–water partition coefficient (Wildman–Crippen LogP) is 4.53. The maximum atomic E-state index is 13.1. The van der Waals surface area contributed by atoms with Gasteiger partial charge >= 0.3 is 0 Å². The fraction of sp³-hybridized carbons (Fsp3) is 0.556. The summed E-state index contributed by atoms with van der Waals surface area (Å²) in [5, 5.41) is 3.13. The zero-order valence-electron chi connectivity index (χ0n) is 19.3. The molecular formula is C27H32N4O2. The Morgan fingerprint density at radius 1 is 1.09 bits per heavy atom. The minimum absolute atomic E-state index is 0.0235. The zero-order chi connectivity index (χ0) is 22.6. The third-order valence-corrected chi connectivity index (χ3v) is 8.52. The molecule has 6 heteroatoms. The lowest BCUT2D eigenvalue weighted by Gasteiger charge is -2.56. The van der Waals surface area contributed by atoms with Gasteiger partial charge in [-0.25, -0.2) is 9.97 Å². The van der Waals surface area contributed by atoms with E-state index in [-0.39, 0.29) is 17.2 Å². The highest BCUT2D eigenvalue weighted by molar-refractivity contribution is 5.95. The summed E-state index contributed by atoms with van der Waals surface area (Å²) in [6, 6.07) is 7.70. The normalized spacial score (nSPS) is 29.6. The molecule has 2 amide bonds. The van der Waals surface area contributed by atoms with E-state index in [9.17, 15) is 9.59 Å². The van der Waals surface area contributed by atoms with Crippen LogP contribution >= 0.6 is 0 Å². The van der Waals surface area contributed by atoms with E-state index in [1.807, 2.05) is 36.1 Å². The molecule has 4 bridgehead atoms. The first-order valence-corrected chi connectivity index (χ1v) is 12.4. The van der Waals surface area contributed by atoms with E-state index in [0.717, 1.165) is 34.6 Å². The molecule has 4 fully saturated rings. The summed E-state index contributed by atoms with van der Waals surface area (Å²) in [4.78, 5) is 36.8. The number of carbonyl (C=O) groups is 2. The highest BCUT2D eigenvalue weighted by atomic mass is 16.2. The summed E-state index contributed by atoms with van der Waals surface area (Å²) in [6.45, 7) is 3.04. The van der Waals surface area contributed by atoms with Gasteiger partial charge in [-0.2, -0.15) is 0 Å². The molecule has 2 heterocycles. The van der Waals surface area contributed by atoms with Gasteiger partial charge in [0.2, 0.25) is 5.91 Å². The average molecular weight is 445 g/mol. The van der Waals surface area contributed by atoms with Crippen molar-refractivity contribution in [1.82, 2.24) is 14.9 Å². The quantitative estimate of drug-likeness (QED) is 0.752. The van der Waals surface area contributed by atoms with Gasteiger partial charge in [0.1, 0.15) is 12.1 Å². The summed E-state index contributed by atoms with van der Waals surface area (Å²) in [5.74, 6) is 3.28. The molecular weight excluding hydrogens is 412 g/mol. The first kappa shape index (κ1) is 20.8. The highest BCUT2D eigenvalue weighted by Crippen LogP contribution is 2.61. The monoisotopic (exact) mass is 444 g/mol. The third-order valence-electron chi connectivity index (χ3n) is 8.52. The fourth-order valence-electron chi connectivity index (χ4n) is 7.62. The van der Waals surface area contributed by atoms with Crippen LogP contribution in [-0.4, -0.2) is 33.2 Å². The fourth-order valence-corrected chi connectivity index (χ4v) is 7.62. The molecule has 0 unspecified atom stereocenters. The molecule has 1 aromatic heterocycles. The standard InChI is InChI=1S/C27H32N4O2/c1-17-3-2-4-21(7-17)26(33)31-6-5-22-23(15-31)28-16-29-25(22)30-24(32)14-27-11-18-8-19(12-27)10-20(9-18)13-27/h2-4,7,16,18-20H,5-6,8-15H2,1H3,(H,28,29,30,32). The number of amides is 2. The maximum Gasteiger partial charge on any atom is 0.254 e. The molecule has 0 atom stereocenters. The minimum atomic E-state index is 0.0235. The maximum absolute atomic E-state index is 13.1. The van der Waals surface area contributed by atoms with Gasteiger partial charge < -0.3 is 10.2 Å². The number of aryl methyl sites for hydroxylation is 1. The summed E-state index contributed by atoms with van der Waals surface area (Å²) in [6.07, 6.45) is 10.6. The molecule has 172 valence electrons. The second-order valence-corrected chi connectivity index (χ2v) is 11.1. The molecule has 0 saturated heterocycles. The summed E-state index contributed by atoms with van der Waals surface area (Å²) >= 11 is 0. The van der Waals surface area contributed by atoms with Crippen molar-refractivity contribution in [3.05, 3.63) is 53.0 Å². The van der Waals surface area contributed by atoms with Crippen LogP contribution in [0.1, 0.15) is 72.1 Å².